The minimum absolute atomic E-state index is 0.0932. The number of hydrogen-bond donors (Lipinski definition) is 0. The molecule has 0 N–H and O–H groups in total. The fraction of sp³-hybridized carbons (Fsp3) is 0.429. The minimum Gasteiger partial charge on any atom is -0.338 e. The van der Waals surface area contributed by atoms with Crippen LogP contribution in [0.2, 0.25) is 0 Å². The second-order valence-corrected chi connectivity index (χ2v) is 5.43. The zero-order valence-electron chi connectivity index (χ0n) is 10.7. The van der Waals surface area contributed by atoms with Crippen LogP contribution in [0.4, 0.5) is 4.39 Å². The van der Waals surface area contributed by atoms with Crippen LogP contribution in [-0.2, 0) is 0 Å². The molecule has 1 amide bonds. The number of carbonyl (C=O) groups excluding carboxylic acids is 1. The average Bonchev–Trinajstić information content (AvgIpc) is 2.97. The Hall–Kier alpha value is -1.89. The van der Waals surface area contributed by atoms with Gasteiger partial charge in [0.15, 0.2) is 0 Å². The lowest BCUT2D eigenvalue weighted by atomic mass is 10.1. The third kappa shape index (κ3) is 2.08. The molecule has 1 fully saturated rings. The molecule has 1 aromatic carbocycles. The van der Waals surface area contributed by atoms with Crippen LogP contribution in [-0.4, -0.2) is 23.9 Å². The summed E-state index contributed by atoms with van der Waals surface area (Å²) in [6.07, 6.45) is 0.974. The molecule has 4 heteroatoms. The van der Waals surface area contributed by atoms with Gasteiger partial charge in [0.2, 0.25) is 0 Å². The maximum atomic E-state index is 13.2. The number of nitriles is 1. The Morgan fingerprint density at radius 2 is 2.17 bits per heavy atom. The lowest BCUT2D eigenvalue weighted by Crippen LogP contribution is -2.31. The van der Waals surface area contributed by atoms with Crippen molar-refractivity contribution >= 4 is 5.91 Å². The second kappa shape index (κ2) is 4.09. The van der Waals surface area contributed by atoms with Gasteiger partial charge in [0, 0.05) is 18.7 Å². The SMILES string of the molecule is CN(C(=O)c1ccc(F)c(C#N)c1)[C@H]1CC1(C)C. The fourth-order valence-electron chi connectivity index (χ4n) is 2.19. The van der Waals surface area contributed by atoms with Gasteiger partial charge in [-0.15, -0.1) is 0 Å². The minimum atomic E-state index is -0.594. The number of amides is 1. The highest BCUT2D eigenvalue weighted by molar-refractivity contribution is 5.94. The molecule has 94 valence electrons. The molecule has 1 aliphatic carbocycles. The molecule has 1 aromatic rings. The second-order valence-electron chi connectivity index (χ2n) is 5.43. The van der Waals surface area contributed by atoms with Crippen LogP contribution in [0.5, 0.6) is 0 Å². The maximum Gasteiger partial charge on any atom is 0.253 e. The highest BCUT2D eigenvalue weighted by Crippen LogP contribution is 2.48. The summed E-state index contributed by atoms with van der Waals surface area (Å²) in [6.45, 7) is 4.21. The Bertz CT molecular complexity index is 545. The van der Waals surface area contributed by atoms with Gasteiger partial charge in [-0.2, -0.15) is 5.26 Å². The van der Waals surface area contributed by atoms with Crippen LogP contribution >= 0.6 is 0 Å². The molecular weight excluding hydrogens is 231 g/mol. The van der Waals surface area contributed by atoms with Gasteiger partial charge < -0.3 is 4.90 Å². The summed E-state index contributed by atoms with van der Waals surface area (Å²) < 4.78 is 13.2. The van der Waals surface area contributed by atoms with Gasteiger partial charge in [-0.25, -0.2) is 4.39 Å². The zero-order chi connectivity index (χ0) is 13.5. The topological polar surface area (TPSA) is 44.1 Å². The summed E-state index contributed by atoms with van der Waals surface area (Å²) >= 11 is 0. The highest BCUT2D eigenvalue weighted by atomic mass is 19.1. The van der Waals surface area contributed by atoms with E-state index < -0.39 is 5.82 Å². The molecule has 1 atom stereocenters. The molecule has 1 saturated carbocycles. The molecule has 0 bridgehead atoms. The van der Waals surface area contributed by atoms with E-state index in [0.717, 1.165) is 12.5 Å². The van der Waals surface area contributed by atoms with Crippen molar-refractivity contribution in [3.63, 3.8) is 0 Å². The number of nitrogens with zero attached hydrogens (tertiary/aromatic N) is 2. The first kappa shape index (κ1) is 12.6. The van der Waals surface area contributed by atoms with E-state index in [4.69, 9.17) is 5.26 Å². The van der Waals surface area contributed by atoms with E-state index in [1.54, 1.807) is 18.0 Å². The van der Waals surface area contributed by atoms with Gasteiger partial charge in [0.25, 0.3) is 5.91 Å². The summed E-state index contributed by atoms with van der Waals surface area (Å²) in [4.78, 5) is 13.9. The van der Waals surface area contributed by atoms with Crippen molar-refractivity contribution in [2.24, 2.45) is 5.41 Å². The quantitative estimate of drug-likeness (QED) is 0.805. The molecular formula is C14H15FN2O. The van der Waals surface area contributed by atoms with Crippen molar-refractivity contribution in [2.75, 3.05) is 7.05 Å². The summed E-state index contributed by atoms with van der Waals surface area (Å²) in [7, 11) is 1.75. The molecule has 3 nitrogen and oxygen atoms in total. The van der Waals surface area contributed by atoms with Crippen molar-refractivity contribution in [3.05, 3.63) is 35.1 Å². The van der Waals surface area contributed by atoms with E-state index in [1.807, 2.05) is 0 Å². The Morgan fingerprint density at radius 3 is 2.67 bits per heavy atom. The Morgan fingerprint density at radius 1 is 1.56 bits per heavy atom. The van der Waals surface area contributed by atoms with Crippen molar-refractivity contribution in [2.45, 2.75) is 26.3 Å². The molecule has 18 heavy (non-hydrogen) atoms. The Balaban J connectivity index is 2.22. The molecule has 0 spiro atoms. The predicted octanol–water partition coefficient (Wildman–Crippen LogP) is 2.57. The summed E-state index contributed by atoms with van der Waals surface area (Å²) in [5.41, 5.74) is 0.421. The summed E-state index contributed by atoms with van der Waals surface area (Å²) in [5, 5.41) is 8.75. The summed E-state index contributed by atoms with van der Waals surface area (Å²) in [5.74, 6) is -0.759. The third-order valence-corrected chi connectivity index (χ3v) is 3.58. The smallest absolute Gasteiger partial charge is 0.253 e. The zero-order valence-corrected chi connectivity index (χ0v) is 10.7. The molecule has 2 rings (SSSR count). The number of hydrogen-bond acceptors (Lipinski definition) is 2. The molecule has 0 saturated heterocycles. The fourth-order valence-corrected chi connectivity index (χ4v) is 2.19. The normalized spacial score (nSPS) is 20.1. The number of rotatable bonds is 2. The van der Waals surface area contributed by atoms with E-state index >= 15 is 0 Å². The highest BCUT2D eigenvalue weighted by Gasteiger charge is 2.49. The maximum absolute atomic E-state index is 13.2. The summed E-state index contributed by atoms with van der Waals surface area (Å²) in [6, 6.07) is 5.86. The van der Waals surface area contributed by atoms with Gasteiger partial charge in [-0.05, 0) is 30.0 Å². The van der Waals surface area contributed by atoms with E-state index in [2.05, 4.69) is 13.8 Å². The average molecular weight is 246 g/mol. The molecule has 1 aliphatic rings. The first-order valence-corrected chi connectivity index (χ1v) is 5.83. The van der Waals surface area contributed by atoms with E-state index in [-0.39, 0.29) is 22.9 Å². The number of halogens is 1. The van der Waals surface area contributed by atoms with Crippen LogP contribution in [0.3, 0.4) is 0 Å². The predicted molar refractivity (Wildman–Crippen MR) is 65.4 cm³/mol. The van der Waals surface area contributed by atoms with E-state index in [1.165, 1.54) is 12.1 Å². The van der Waals surface area contributed by atoms with Crippen molar-refractivity contribution in [1.29, 1.82) is 5.26 Å². The van der Waals surface area contributed by atoms with Crippen LogP contribution in [0, 0.1) is 22.6 Å². The van der Waals surface area contributed by atoms with Crippen LogP contribution in [0.1, 0.15) is 36.2 Å². The third-order valence-electron chi connectivity index (χ3n) is 3.58. The first-order valence-electron chi connectivity index (χ1n) is 5.83. The lowest BCUT2D eigenvalue weighted by Gasteiger charge is -2.19. The molecule has 0 aliphatic heterocycles. The van der Waals surface area contributed by atoms with Gasteiger partial charge in [-0.1, -0.05) is 13.8 Å². The van der Waals surface area contributed by atoms with E-state index in [0.29, 0.717) is 5.56 Å². The Labute approximate surface area is 106 Å². The molecule has 0 unspecified atom stereocenters. The standard InChI is InChI=1S/C14H15FN2O/c1-14(2)7-12(14)17(3)13(18)9-4-5-11(15)10(6-9)8-16/h4-6,12H,7H2,1-3H3/t12-/m0/s1. The van der Waals surface area contributed by atoms with Gasteiger partial charge in [0.05, 0.1) is 5.56 Å². The van der Waals surface area contributed by atoms with E-state index in [9.17, 15) is 9.18 Å². The van der Waals surface area contributed by atoms with Gasteiger partial charge in [-0.3, -0.25) is 4.79 Å². The molecule has 0 heterocycles. The monoisotopic (exact) mass is 246 g/mol. The van der Waals surface area contributed by atoms with Crippen LogP contribution in [0.25, 0.3) is 0 Å². The Kier molecular flexibility index (Phi) is 2.86. The molecule has 0 aromatic heterocycles. The van der Waals surface area contributed by atoms with Crippen molar-refractivity contribution in [3.8, 4) is 6.07 Å². The largest absolute Gasteiger partial charge is 0.338 e. The number of benzene rings is 1. The molecule has 0 radical (unpaired) electrons. The lowest BCUT2D eigenvalue weighted by molar-refractivity contribution is 0.0768. The van der Waals surface area contributed by atoms with Crippen LogP contribution < -0.4 is 0 Å². The first-order chi connectivity index (χ1) is 8.36. The van der Waals surface area contributed by atoms with Crippen molar-refractivity contribution in [1.82, 2.24) is 4.90 Å². The van der Waals surface area contributed by atoms with Gasteiger partial charge >= 0.3 is 0 Å². The van der Waals surface area contributed by atoms with Crippen molar-refractivity contribution < 1.29 is 9.18 Å². The van der Waals surface area contributed by atoms with Gasteiger partial charge in [0.1, 0.15) is 11.9 Å². The number of carbonyl (C=O) groups is 1. The van der Waals surface area contributed by atoms with Crippen LogP contribution in [0.15, 0.2) is 18.2 Å².